The molecule has 0 saturated heterocycles. The van der Waals surface area contributed by atoms with Crippen molar-refractivity contribution >= 4 is 17.6 Å². The maximum Gasteiger partial charge on any atom is 0.417 e. The fourth-order valence-corrected chi connectivity index (χ4v) is 1.77. The molecule has 106 valence electrons. The second kappa shape index (κ2) is 5.04. The van der Waals surface area contributed by atoms with Crippen LogP contribution in [0.5, 0.6) is 0 Å². The lowest BCUT2D eigenvalue weighted by Gasteiger charge is -2.21. The lowest BCUT2D eigenvalue weighted by molar-refractivity contribution is -0.137. The van der Waals surface area contributed by atoms with Crippen LogP contribution >= 0.6 is 11.6 Å². The van der Waals surface area contributed by atoms with Gasteiger partial charge in [-0.1, -0.05) is 11.6 Å². The quantitative estimate of drug-likeness (QED) is 0.706. The molecule has 6 heteroatoms. The molecule has 0 saturated carbocycles. The van der Waals surface area contributed by atoms with Gasteiger partial charge in [0.25, 0.3) is 0 Å². The molecule has 0 amide bonds. The number of hydrogen-bond acceptors (Lipinski definition) is 2. The fraction of sp³-hybridized carbons (Fsp3) is 0.462. The third-order valence-electron chi connectivity index (χ3n) is 2.24. The predicted molar refractivity (Wildman–Crippen MR) is 66.4 cm³/mol. The normalized spacial score (nSPS) is 12.4. The number of aryl methyl sites for hydroxylation is 1. The van der Waals surface area contributed by atoms with Crippen molar-refractivity contribution in [2.75, 3.05) is 0 Å². The van der Waals surface area contributed by atoms with E-state index in [2.05, 4.69) is 0 Å². The SMILES string of the molecule is Cc1cc(Cl)c(C(F)(F)F)cc1C(=O)OC(C)(C)C. The summed E-state index contributed by atoms with van der Waals surface area (Å²) < 4.78 is 43.2. The molecular formula is C13H14ClF3O2. The fourth-order valence-electron chi connectivity index (χ4n) is 1.44. The van der Waals surface area contributed by atoms with Gasteiger partial charge in [0, 0.05) is 0 Å². The first-order chi connectivity index (χ1) is 8.42. The number of carbonyl (C=O) groups is 1. The Morgan fingerprint density at radius 1 is 1.21 bits per heavy atom. The standard InChI is InChI=1S/C13H14ClF3O2/c1-7-5-10(14)9(13(15,16)17)6-8(7)11(18)19-12(2,3)4/h5-6H,1-4H3. The van der Waals surface area contributed by atoms with Crippen molar-refractivity contribution in [3.8, 4) is 0 Å². The van der Waals surface area contributed by atoms with Gasteiger partial charge in [-0.05, 0) is 45.4 Å². The highest BCUT2D eigenvalue weighted by molar-refractivity contribution is 6.31. The van der Waals surface area contributed by atoms with Crippen molar-refractivity contribution in [2.45, 2.75) is 39.5 Å². The Balaban J connectivity index is 3.26. The molecule has 0 aliphatic rings. The number of alkyl halides is 3. The van der Waals surface area contributed by atoms with Gasteiger partial charge < -0.3 is 4.74 Å². The Labute approximate surface area is 114 Å². The molecule has 0 heterocycles. The summed E-state index contributed by atoms with van der Waals surface area (Å²) in [5.41, 5.74) is -1.61. The van der Waals surface area contributed by atoms with Crippen molar-refractivity contribution < 1.29 is 22.7 Å². The first kappa shape index (κ1) is 15.8. The van der Waals surface area contributed by atoms with Crippen LogP contribution in [0.2, 0.25) is 5.02 Å². The Bertz CT molecular complexity index is 502. The van der Waals surface area contributed by atoms with Gasteiger partial charge >= 0.3 is 12.1 Å². The Hall–Kier alpha value is -1.23. The molecule has 0 unspecified atom stereocenters. The van der Waals surface area contributed by atoms with Gasteiger partial charge in [0.2, 0.25) is 0 Å². The Kier molecular flexibility index (Phi) is 4.20. The van der Waals surface area contributed by atoms with Crippen molar-refractivity contribution in [1.82, 2.24) is 0 Å². The third-order valence-corrected chi connectivity index (χ3v) is 2.55. The van der Waals surface area contributed by atoms with Gasteiger partial charge in [-0.15, -0.1) is 0 Å². The number of halogens is 4. The van der Waals surface area contributed by atoms with E-state index in [9.17, 15) is 18.0 Å². The van der Waals surface area contributed by atoms with Crippen LogP contribution in [0.1, 0.15) is 42.3 Å². The van der Waals surface area contributed by atoms with E-state index in [-0.39, 0.29) is 5.56 Å². The van der Waals surface area contributed by atoms with Gasteiger partial charge in [0.1, 0.15) is 5.60 Å². The summed E-state index contributed by atoms with van der Waals surface area (Å²) in [6.45, 7) is 6.42. The highest BCUT2D eigenvalue weighted by atomic mass is 35.5. The van der Waals surface area contributed by atoms with Crippen molar-refractivity contribution in [3.63, 3.8) is 0 Å². The molecule has 1 aromatic rings. The Morgan fingerprint density at radius 3 is 2.16 bits per heavy atom. The van der Waals surface area contributed by atoms with Gasteiger partial charge in [-0.25, -0.2) is 4.79 Å². The molecule has 0 aromatic heterocycles. The summed E-state index contributed by atoms with van der Waals surface area (Å²) in [5, 5.41) is -0.433. The zero-order valence-corrected chi connectivity index (χ0v) is 11.7. The van der Waals surface area contributed by atoms with E-state index >= 15 is 0 Å². The maximum atomic E-state index is 12.7. The van der Waals surface area contributed by atoms with E-state index in [4.69, 9.17) is 16.3 Å². The molecular weight excluding hydrogens is 281 g/mol. The second-order valence-corrected chi connectivity index (χ2v) is 5.55. The highest BCUT2D eigenvalue weighted by Gasteiger charge is 2.35. The minimum atomic E-state index is -4.61. The molecule has 0 aliphatic carbocycles. The van der Waals surface area contributed by atoms with Crippen LogP contribution in [0.3, 0.4) is 0 Å². The van der Waals surface area contributed by atoms with Crippen LogP contribution in [0.4, 0.5) is 13.2 Å². The summed E-state index contributed by atoms with van der Waals surface area (Å²) >= 11 is 5.55. The summed E-state index contributed by atoms with van der Waals surface area (Å²) in [6, 6.07) is 1.84. The number of esters is 1. The van der Waals surface area contributed by atoms with Crippen LogP contribution in [-0.4, -0.2) is 11.6 Å². The topological polar surface area (TPSA) is 26.3 Å². The molecule has 0 fully saturated rings. The number of ether oxygens (including phenoxy) is 1. The van der Waals surface area contributed by atoms with E-state index in [1.54, 1.807) is 20.8 Å². The average Bonchev–Trinajstić information content (AvgIpc) is 2.11. The van der Waals surface area contributed by atoms with Gasteiger partial charge in [0.05, 0.1) is 16.1 Å². The first-order valence-electron chi connectivity index (χ1n) is 5.52. The minimum absolute atomic E-state index is 0.133. The highest BCUT2D eigenvalue weighted by Crippen LogP contribution is 2.36. The van der Waals surface area contributed by atoms with E-state index < -0.39 is 28.3 Å². The molecule has 0 aliphatic heterocycles. The number of carbonyl (C=O) groups excluding carboxylic acids is 1. The maximum absolute atomic E-state index is 12.7. The van der Waals surface area contributed by atoms with E-state index in [1.807, 2.05) is 0 Å². The molecule has 0 N–H and O–H groups in total. The van der Waals surface area contributed by atoms with Crippen LogP contribution in [0.25, 0.3) is 0 Å². The van der Waals surface area contributed by atoms with Gasteiger partial charge in [-0.2, -0.15) is 13.2 Å². The van der Waals surface area contributed by atoms with E-state index in [1.165, 1.54) is 6.92 Å². The zero-order valence-electron chi connectivity index (χ0n) is 11.0. The molecule has 2 nitrogen and oxygen atoms in total. The summed E-state index contributed by atoms with van der Waals surface area (Å²) in [6.07, 6.45) is -4.61. The molecule has 0 radical (unpaired) electrons. The largest absolute Gasteiger partial charge is 0.456 e. The second-order valence-electron chi connectivity index (χ2n) is 5.15. The lowest BCUT2D eigenvalue weighted by atomic mass is 10.0. The first-order valence-corrected chi connectivity index (χ1v) is 5.90. The molecule has 1 rings (SSSR count). The smallest absolute Gasteiger partial charge is 0.417 e. The van der Waals surface area contributed by atoms with Crippen molar-refractivity contribution in [3.05, 3.63) is 33.8 Å². The third kappa shape index (κ3) is 4.13. The number of benzene rings is 1. The van der Waals surface area contributed by atoms with Crippen LogP contribution in [0, 0.1) is 6.92 Å². The van der Waals surface area contributed by atoms with Crippen LogP contribution in [-0.2, 0) is 10.9 Å². The average molecular weight is 295 g/mol. The van der Waals surface area contributed by atoms with Gasteiger partial charge in [-0.3, -0.25) is 0 Å². The number of hydrogen-bond donors (Lipinski definition) is 0. The predicted octanol–water partition coefficient (Wildman–Crippen LogP) is 4.62. The number of rotatable bonds is 1. The summed E-state index contributed by atoms with van der Waals surface area (Å²) in [4.78, 5) is 11.8. The molecule has 0 bridgehead atoms. The van der Waals surface area contributed by atoms with Crippen LogP contribution < -0.4 is 0 Å². The lowest BCUT2D eigenvalue weighted by Crippen LogP contribution is -2.24. The van der Waals surface area contributed by atoms with Crippen molar-refractivity contribution in [1.29, 1.82) is 0 Å². The summed E-state index contributed by atoms with van der Waals surface area (Å²) in [5.74, 6) is -0.799. The van der Waals surface area contributed by atoms with E-state index in [0.29, 0.717) is 5.56 Å². The minimum Gasteiger partial charge on any atom is -0.456 e. The van der Waals surface area contributed by atoms with Crippen LogP contribution in [0.15, 0.2) is 12.1 Å². The monoisotopic (exact) mass is 294 g/mol. The molecule has 0 spiro atoms. The zero-order chi connectivity index (χ0) is 15.0. The van der Waals surface area contributed by atoms with Crippen molar-refractivity contribution in [2.24, 2.45) is 0 Å². The van der Waals surface area contributed by atoms with E-state index in [0.717, 1.165) is 12.1 Å². The molecule has 1 aromatic carbocycles. The molecule has 0 atom stereocenters. The molecule has 19 heavy (non-hydrogen) atoms. The Morgan fingerprint density at radius 2 is 1.74 bits per heavy atom. The summed E-state index contributed by atoms with van der Waals surface area (Å²) in [7, 11) is 0. The van der Waals surface area contributed by atoms with Gasteiger partial charge in [0.15, 0.2) is 0 Å².